The second kappa shape index (κ2) is 7.34. The van der Waals surface area contributed by atoms with Gasteiger partial charge < -0.3 is 4.84 Å². The Kier molecular flexibility index (Phi) is 4.83. The third kappa shape index (κ3) is 3.13. The Bertz CT molecular complexity index is 1170. The van der Waals surface area contributed by atoms with E-state index in [1.54, 1.807) is 24.3 Å². The number of hydrogen-bond donors (Lipinski definition) is 0. The molecule has 0 radical (unpaired) electrons. The van der Waals surface area contributed by atoms with Gasteiger partial charge in [0.25, 0.3) is 18.2 Å². The van der Waals surface area contributed by atoms with Gasteiger partial charge in [0.2, 0.25) is 0 Å². The van der Waals surface area contributed by atoms with E-state index >= 15 is 0 Å². The first kappa shape index (κ1) is 19.7. The molecule has 152 valence electrons. The summed E-state index contributed by atoms with van der Waals surface area (Å²) < 4.78 is 28.6. The standard InChI is InChI=1S/C20H12ClF2N3O4/c1-10-15(16(17(22)23)25(24-10)12-6-4-5-11(21)9-12)20(29)30-26-18(27)13-7-2-3-8-14(13)19(26)28/h2-9,17H,1H3. The number of imide groups is 1. The fourth-order valence-corrected chi connectivity index (χ4v) is 3.37. The minimum Gasteiger partial charge on any atom is -0.324 e. The Labute approximate surface area is 173 Å². The number of hydroxylamine groups is 2. The van der Waals surface area contributed by atoms with Crippen molar-refractivity contribution in [1.82, 2.24) is 14.8 Å². The fraction of sp³-hybridized carbons (Fsp3) is 0.100. The van der Waals surface area contributed by atoms with Crippen molar-refractivity contribution < 1.29 is 28.0 Å². The molecular formula is C20H12ClF2N3O4. The molecule has 3 aromatic rings. The van der Waals surface area contributed by atoms with E-state index in [1.165, 1.54) is 31.2 Å². The summed E-state index contributed by atoms with van der Waals surface area (Å²) >= 11 is 5.92. The molecule has 0 fully saturated rings. The molecule has 2 amide bonds. The molecule has 0 atom stereocenters. The number of halogens is 3. The van der Waals surface area contributed by atoms with Crippen LogP contribution in [0.3, 0.4) is 0 Å². The smallest absolute Gasteiger partial charge is 0.324 e. The maximum absolute atomic E-state index is 13.9. The molecule has 0 unspecified atom stereocenters. The maximum Gasteiger partial charge on any atom is 0.367 e. The normalized spacial score (nSPS) is 13.2. The lowest BCUT2D eigenvalue weighted by molar-refractivity contribution is -0.0588. The third-order valence-corrected chi connectivity index (χ3v) is 4.73. The van der Waals surface area contributed by atoms with Crippen LogP contribution in [0.25, 0.3) is 5.69 Å². The first-order chi connectivity index (χ1) is 14.3. The predicted octanol–water partition coefficient (Wildman–Crippen LogP) is 4.14. The van der Waals surface area contributed by atoms with Crippen molar-refractivity contribution in [3.05, 3.63) is 81.6 Å². The summed E-state index contributed by atoms with van der Waals surface area (Å²) in [4.78, 5) is 42.4. The molecule has 0 bridgehead atoms. The monoisotopic (exact) mass is 431 g/mol. The zero-order valence-electron chi connectivity index (χ0n) is 15.3. The van der Waals surface area contributed by atoms with E-state index in [0.717, 1.165) is 4.68 Å². The highest BCUT2D eigenvalue weighted by molar-refractivity contribution is 6.30. The van der Waals surface area contributed by atoms with Gasteiger partial charge in [0, 0.05) is 5.02 Å². The molecule has 0 aliphatic carbocycles. The highest BCUT2D eigenvalue weighted by Gasteiger charge is 2.40. The molecule has 1 aliphatic rings. The lowest BCUT2D eigenvalue weighted by Gasteiger charge is -2.13. The molecule has 0 N–H and O–H groups in total. The Morgan fingerprint density at radius 1 is 1.07 bits per heavy atom. The van der Waals surface area contributed by atoms with Crippen LogP contribution in [-0.2, 0) is 4.84 Å². The summed E-state index contributed by atoms with van der Waals surface area (Å²) in [6.45, 7) is 1.34. The van der Waals surface area contributed by atoms with Crippen LogP contribution in [0.2, 0.25) is 5.02 Å². The van der Waals surface area contributed by atoms with E-state index < -0.39 is 35.5 Å². The van der Waals surface area contributed by atoms with Crippen LogP contribution in [0.15, 0.2) is 48.5 Å². The van der Waals surface area contributed by atoms with E-state index in [2.05, 4.69) is 5.10 Å². The van der Waals surface area contributed by atoms with E-state index in [4.69, 9.17) is 16.4 Å². The minimum atomic E-state index is -3.10. The number of carbonyl (C=O) groups is 3. The highest BCUT2D eigenvalue weighted by atomic mass is 35.5. The summed E-state index contributed by atoms with van der Waals surface area (Å²) in [5, 5.41) is 4.56. The molecular weight excluding hydrogens is 420 g/mol. The van der Waals surface area contributed by atoms with Crippen molar-refractivity contribution in [1.29, 1.82) is 0 Å². The lowest BCUT2D eigenvalue weighted by atomic mass is 10.1. The second-order valence-electron chi connectivity index (χ2n) is 6.37. The molecule has 7 nitrogen and oxygen atoms in total. The molecule has 2 heterocycles. The molecule has 10 heteroatoms. The molecule has 30 heavy (non-hydrogen) atoms. The predicted molar refractivity (Wildman–Crippen MR) is 101 cm³/mol. The first-order valence-electron chi connectivity index (χ1n) is 8.63. The molecule has 1 aromatic heterocycles. The summed E-state index contributed by atoms with van der Waals surface area (Å²) in [5.74, 6) is -3.02. The first-order valence-corrected chi connectivity index (χ1v) is 9.01. The number of hydrogen-bond acceptors (Lipinski definition) is 5. The van der Waals surface area contributed by atoms with Crippen LogP contribution in [0.1, 0.15) is 48.9 Å². The minimum absolute atomic E-state index is 0.0516. The average Bonchev–Trinajstić information content (AvgIpc) is 3.19. The van der Waals surface area contributed by atoms with Crippen molar-refractivity contribution in [3.63, 3.8) is 0 Å². The highest BCUT2D eigenvalue weighted by Crippen LogP contribution is 2.31. The Hall–Kier alpha value is -3.59. The zero-order valence-corrected chi connectivity index (χ0v) is 16.1. The van der Waals surface area contributed by atoms with E-state index in [0.29, 0.717) is 0 Å². The van der Waals surface area contributed by atoms with E-state index in [9.17, 15) is 23.2 Å². The van der Waals surface area contributed by atoms with Crippen molar-refractivity contribution >= 4 is 29.4 Å². The largest absolute Gasteiger partial charge is 0.367 e. The van der Waals surface area contributed by atoms with Gasteiger partial charge >= 0.3 is 5.97 Å². The molecule has 2 aromatic carbocycles. The summed E-state index contributed by atoms with van der Waals surface area (Å²) in [6.07, 6.45) is -3.10. The molecule has 1 aliphatic heterocycles. The van der Waals surface area contributed by atoms with Crippen molar-refractivity contribution in [2.45, 2.75) is 13.3 Å². The van der Waals surface area contributed by atoms with Gasteiger partial charge in [-0.3, -0.25) is 9.59 Å². The average molecular weight is 432 g/mol. The summed E-state index contributed by atoms with van der Waals surface area (Å²) in [6, 6.07) is 11.9. The Balaban J connectivity index is 1.72. The van der Waals surface area contributed by atoms with E-state index in [-0.39, 0.29) is 32.6 Å². The molecule has 0 saturated carbocycles. The van der Waals surface area contributed by atoms with Gasteiger partial charge in [-0.05, 0) is 37.3 Å². The lowest BCUT2D eigenvalue weighted by Crippen LogP contribution is -2.33. The van der Waals surface area contributed by atoms with Crippen LogP contribution in [0.4, 0.5) is 8.78 Å². The number of amides is 2. The van der Waals surface area contributed by atoms with Crippen LogP contribution in [0.5, 0.6) is 0 Å². The quantitative estimate of drug-likeness (QED) is 0.580. The van der Waals surface area contributed by atoms with Gasteiger partial charge in [0.05, 0.1) is 22.5 Å². The molecule has 4 rings (SSSR count). The number of benzene rings is 2. The van der Waals surface area contributed by atoms with Crippen LogP contribution >= 0.6 is 11.6 Å². The van der Waals surface area contributed by atoms with Crippen molar-refractivity contribution in [2.75, 3.05) is 0 Å². The van der Waals surface area contributed by atoms with Crippen molar-refractivity contribution in [3.8, 4) is 5.69 Å². The number of aryl methyl sites for hydroxylation is 1. The van der Waals surface area contributed by atoms with Gasteiger partial charge in [0.15, 0.2) is 0 Å². The summed E-state index contributed by atoms with van der Waals surface area (Å²) in [5.41, 5.74) is -1.03. The third-order valence-electron chi connectivity index (χ3n) is 4.49. The Morgan fingerprint density at radius 3 is 2.27 bits per heavy atom. The SMILES string of the molecule is Cc1nn(-c2cccc(Cl)c2)c(C(F)F)c1C(=O)ON1C(=O)c2ccccc2C1=O. The molecule has 0 saturated heterocycles. The van der Waals surface area contributed by atoms with Gasteiger partial charge in [-0.25, -0.2) is 18.3 Å². The van der Waals surface area contributed by atoms with Gasteiger partial charge in [-0.2, -0.15) is 5.10 Å². The second-order valence-corrected chi connectivity index (χ2v) is 6.80. The van der Waals surface area contributed by atoms with Gasteiger partial charge in [-0.15, -0.1) is 0 Å². The number of aromatic nitrogens is 2. The topological polar surface area (TPSA) is 81.5 Å². The Morgan fingerprint density at radius 2 is 1.70 bits per heavy atom. The van der Waals surface area contributed by atoms with Crippen LogP contribution < -0.4 is 0 Å². The summed E-state index contributed by atoms with van der Waals surface area (Å²) in [7, 11) is 0. The number of rotatable bonds is 4. The van der Waals surface area contributed by atoms with Gasteiger partial charge in [-0.1, -0.05) is 34.9 Å². The van der Waals surface area contributed by atoms with Gasteiger partial charge in [0.1, 0.15) is 11.3 Å². The maximum atomic E-state index is 13.9. The molecule has 0 spiro atoms. The van der Waals surface area contributed by atoms with Crippen molar-refractivity contribution in [2.24, 2.45) is 0 Å². The van der Waals surface area contributed by atoms with Crippen LogP contribution in [0, 0.1) is 6.92 Å². The number of carbonyl (C=O) groups excluding carboxylic acids is 3. The number of alkyl halides is 2. The fourth-order valence-electron chi connectivity index (χ4n) is 3.18. The van der Waals surface area contributed by atoms with E-state index in [1.807, 2.05) is 0 Å². The van der Waals surface area contributed by atoms with Crippen LogP contribution in [-0.4, -0.2) is 32.6 Å². The zero-order chi connectivity index (χ0) is 21.6. The number of fused-ring (bicyclic) bond motifs is 1. The number of nitrogens with zero attached hydrogens (tertiary/aromatic N) is 3.